The number of piperidine rings is 1. The van der Waals surface area contributed by atoms with E-state index < -0.39 is 0 Å². The summed E-state index contributed by atoms with van der Waals surface area (Å²) in [5.41, 5.74) is 1.65. The topological polar surface area (TPSA) is 12.0 Å². The predicted octanol–water partition coefficient (Wildman–Crippen LogP) is 1.65. The summed E-state index contributed by atoms with van der Waals surface area (Å²) >= 11 is 0. The molecule has 0 aromatic rings. The van der Waals surface area contributed by atoms with Crippen LogP contribution < -0.4 is 5.32 Å². The number of nitrogens with one attached hydrogen (secondary N) is 1. The van der Waals surface area contributed by atoms with E-state index in [4.69, 9.17) is 0 Å². The molecule has 12 heavy (non-hydrogen) atoms. The van der Waals surface area contributed by atoms with Crippen LogP contribution in [0.15, 0.2) is 36.0 Å². The van der Waals surface area contributed by atoms with Gasteiger partial charge in [0.25, 0.3) is 0 Å². The molecule has 0 amide bonds. The molecule has 0 radical (unpaired) electrons. The highest BCUT2D eigenvalue weighted by molar-refractivity contribution is 5.34. The third-order valence-corrected chi connectivity index (χ3v) is 3.10. The smallest absolute Gasteiger partial charge is 0.0351 e. The van der Waals surface area contributed by atoms with E-state index in [1.165, 1.54) is 6.42 Å². The predicted molar refractivity (Wildman–Crippen MR) is 49.8 cm³/mol. The first-order valence-electron chi connectivity index (χ1n) is 4.74. The van der Waals surface area contributed by atoms with Crippen LogP contribution in [-0.2, 0) is 0 Å². The Kier molecular flexibility index (Phi) is 1.30. The van der Waals surface area contributed by atoms with Gasteiger partial charge in [-0.15, -0.1) is 0 Å². The van der Waals surface area contributed by atoms with E-state index in [2.05, 4.69) is 35.7 Å². The number of hydrogen-bond donors (Lipinski definition) is 1. The molecule has 0 aromatic heterocycles. The van der Waals surface area contributed by atoms with Gasteiger partial charge in [-0.1, -0.05) is 36.0 Å². The van der Waals surface area contributed by atoms with Crippen molar-refractivity contribution in [3.8, 4) is 0 Å². The second-order valence-corrected chi connectivity index (χ2v) is 3.84. The zero-order valence-electron chi connectivity index (χ0n) is 7.03. The summed E-state index contributed by atoms with van der Waals surface area (Å²) in [4.78, 5) is 0. The molecule has 4 bridgehead atoms. The molecular weight excluding hydrogens is 146 g/mol. The molecule has 62 valence electrons. The average Bonchev–Trinajstić information content (AvgIpc) is 2.36. The van der Waals surface area contributed by atoms with Gasteiger partial charge < -0.3 is 5.32 Å². The molecule has 3 aliphatic carbocycles. The Bertz CT molecular complexity index is 285. The van der Waals surface area contributed by atoms with Crippen LogP contribution >= 0.6 is 0 Å². The van der Waals surface area contributed by atoms with Crippen LogP contribution in [0, 0.1) is 11.8 Å². The first kappa shape index (κ1) is 6.67. The van der Waals surface area contributed by atoms with Gasteiger partial charge in [-0.3, -0.25) is 0 Å². The summed E-state index contributed by atoms with van der Waals surface area (Å²) in [7, 11) is 0. The molecule has 1 heteroatoms. The lowest BCUT2D eigenvalue weighted by Gasteiger charge is -2.31. The number of rotatable bonds is 0. The van der Waals surface area contributed by atoms with Gasteiger partial charge in [0.1, 0.15) is 0 Å². The maximum absolute atomic E-state index is 3.54. The Labute approximate surface area is 72.9 Å². The van der Waals surface area contributed by atoms with Crippen molar-refractivity contribution in [3.05, 3.63) is 36.0 Å². The normalized spacial score (nSPS) is 42.7. The SMILES string of the molecule is C1=C[C@@H]2C3=C[C@H]1C=C[C@H]2NCC3. The van der Waals surface area contributed by atoms with E-state index in [9.17, 15) is 0 Å². The average molecular weight is 159 g/mol. The van der Waals surface area contributed by atoms with E-state index in [-0.39, 0.29) is 0 Å². The highest BCUT2D eigenvalue weighted by Gasteiger charge is 2.29. The fourth-order valence-electron chi connectivity index (χ4n) is 2.45. The summed E-state index contributed by atoms with van der Waals surface area (Å²) in [6.07, 6.45) is 13.0. The van der Waals surface area contributed by atoms with Crippen LogP contribution in [0.4, 0.5) is 0 Å². The molecule has 1 heterocycles. The third-order valence-electron chi connectivity index (χ3n) is 3.10. The van der Waals surface area contributed by atoms with Crippen molar-refractivity contribution >= 4 is 0 Å². The highest BCUT2D eigenvalue weighted by atomic mass is 14.9. The van der Waals surface area contributed by atoms with E-state index >= 15 is 0 Å². The molecule has 4 aliphatic rings. The molecule has 1 N–H and O–H groups in total. The maximum atomic E-state index is 3.54. The number of hydrogen-bond acceptors (Lipinski definition) is 1. The van der Waals surface area contributed by atoms with Gasteiger partial charge in [-0.25, -0.2) is 0 Å². The Morgan fingerprint density at radius 2 is 2.08 bits per heavy atom. The van der Waals surface area contributed by atoms with Crippen molar-refractivity contribution in [2.45, 2.75) is 12.5 Å². The molecule has 3 atom stereocenters. The Balaban J connectivity index is 2.09. The minimum absolute atomic E-state index is 0.578. The second-order valence-electron chi connectivity index (χ2n) is 3.84. The summed E-state index contributed by atoms with van der Waals surface area (Å²) in [6, 6.07) is 0.578. The van der Waals surface area contributed by atoms with Gasteiger partial charge in [0, 0.05) is 17.9 Å². The van der Waals surface area contributed by atoms with Gasteiger partial charge in [-0.2, -0.15) is 0 Å². The van der Waals surface area contributed by atoms with Crippen LogP contribution in [0.25, 0.3) is 0 Å². The lowest BCUT2D eigenvalue weighted by molar-refractivity contribution is 0.456. The maximum Gasteiger partial charge on any atom is 0.0351 e. The quantitative estimate of drug-likeness (QED) is 0.530. The minimum atomic E-state index is 0.578. The summed E-state index contributed by atoms with van der Waals surface area (Å²) < 4.78 is 0. The van der Waals surface area contributed by atoms with E-state index in [0.717, 1.165) is 6.54 Å². The molecule has 0 saturated carbocycles. The van der Waals surface area contributed by atoms with Crippen molar-refractivity contribution in [1.82, 2.24) is 5.32 Å². The molecule has 0 aromatic carbocycles. The fraction of sp³-hybridized carbons (Fsp3) is 0.455. The lowest BCUT2D eigenvalue weighted by Crippen LogP contribution is -2.40. The first-order valence-corrected chi connectivity index (χ1v) is 4.74. The van der Waals surface area contributed by atoms with Gasteiger partial charge in [0.15, 0.2) is 0 Å². The standard InChI is InChI=1S/C11H13N/c1-3-10-9-5-6-12-11(10)4-2-8(1)7-9/h1-4,7-8,10-12H,5-6H2/t8-,10-,11-/m1/s1. The Hall–Kier alpha value is -0.820. The zero-order chi connectivity index (χ0) is 7.97. The van der Waals surface area contributed by atoms with Crippen molar-refractivity contribution in [2.75, 3.05) is 6.54 Å². The van der Waals surface area contributed by atoms with E-state index in [0.29, 0.717) is 17.9 Å². The molecule has 4 rings (SSSR count). The zero-order valence-corrected chi connectivity index (χ0v) is 7.03. The highest BCUT2D eigenvalue weighted by Crippen LogP contribution is 2.33. The fourth-order valence-corrected chi connectivity index (χ4v) is 2.45. The van der Waals surface area contributed by atoms with E-state index in [1.54, 1.807) is 5.57 Å². The minimum Gasteiger partial charge on any atom is -0.309 e. The molecular formula is C11H13N. The number of allylic oxidation sites excluding steroid dienone is 3. The van der Waals surface area contributed by atoms with Crippen LogP contribution in [0.5, 0.6) is 0 Å². The van der Waals surface area contributed by atoms with Crippen LogP contribution in [-0.4, -0.2) is 12.6 Å². The molecule has 1 aliphatic heterocycles. The molecule has 1 nitrogen and oxygen atoms in total. The Morgan fingerprint density at radius 1 is 1.17 bits per heavy atom. The molecule has 0 unspecified atom stereocenters. The van der Waals surface area contributed by atoms with E-state index in [1.807, 2.05) is 0 Å². The van der Waals surface area contributed by atoms with Gasteiger partial charge in [-0.05, 0) is 13.0 Å². The van der Waals surface area contributed by atoms with Gasteiger partial charge in [0.05, 0.1) is 0 Å². The van der Waals surface area contributed by atoms with Crippen molar-refractivity contribution in [2.24, 2.45) is 11.8 Å². The molecule has 0 spiro atoms. The van der Waals surface area contributed by atoms with Crippen molar-refractivity contribution in [1.29, 1.82) is 0 Å². The monoisotopic (exact) mass is 159 g/mol. The summed E-state index contributed by atoms with van der Waals surface area (Å²) in [5, 5.41) is 3.54. The van der Waals surface area contributed by atoms with Crippen molar-refractivity contribution in [3.63, 3.8) is 0 Å². The third kappa shape index (κ3) is 0.831. The van der Waals surface area contributed by atoms with Crippen LogP contribution in [0.2, 0.25) is 0 Å². The summed E-state index contributed by atoms with van der Waals surface area (Å²) in [6.45, 7) is 1.15. The second kappa shape index (κ2) is 2.33. The largest absolute Gasteiger partial charge is 0.309 e. The van der Waals surface area contributed by atoms with Gasteiger partial charge >= 0.3 is 0 Å². The Morgan fingerprint density at radius 3 is 3.08 bits per heavy atom. The lowest BCUT2D eigenvalue weighted by atomic mass is 9.83. The van der Waals surface area contributed by atoms with Crippen LogP contribution in [0.1, 0.15) is 6.42 Å². The van der Waals surface area contributed by atoms with Crippen LogP contribution in [0.3, 0.4) is 0 Å². The van der Waals surface area contributed by atoms with Gasteiger partial charge in [0.2, 0.25) is 0 Å². The summed E-state index contributed by atoms with van der Waals surface area (Å²) in [5.74, 6) is 1.25. The first-order chi connectivity index (χ1) is 5.93. The molecule has 1 saturated heterocycles. The van der Waals surface area contributed by atoms with Crippen molar-refractivity contribution < 1.29 is 0 Å². The molecule has 1 fully saturated rings.